The maximum atomic E-state index is 11.1. The van der Waals surface area contributed by atoms with E-state index in [4.69, 9.17) is 4.98 Å². The van der Waals surface area contributed by atoms with E-state index in [-0.39, 0.29) is 0 Å². The van der Waals surface area contributed by atoms with Crippen molar-refractivity contribution >= 4 is 16.9 Å². The second-order valence-corrected chi connectivity index (χ2v) is 6.79. The molecule has 3 aromatic rings. The van der Waals surface area contributed by atoms with Gasteiger partial charge in [-0.05, 0) is 18.4 Å². The van der Waals surface area contributed by atoms with Crippen molar-refractivity contribution in [1.29, 1.82) is 0 Å². The van der Waals surface area contributed by atoms with Gasteiger partial charge in [0, 0.05) is 20.0 Å². The number of fused-ring (bicyclic) bond motifs is 1. The van der Waals surface area contributed by atoms with Crippen molar-refractivity contribution in [3.8, 4) is 0 Å². The molecule has 6 heteroatoms. The molecule has 0 bridgehead atoms. The predicted octanol–water partition coefficient (Wildman–Crippen LogP) is 2.41. The van der Waals surface area contributed by atoms with E-state index in [0.717, 1.165) is 47.6 Å². The summed E-state index contributed by atoms with van der Waals surface area (Å²) in [7, 11) is 1.90. The van der Waals surface area contributed by atoms with Crippen LogP contribution in [-0.4, -0.2) is 37.9 Å². The fourth-order valence-electron chi connectivity index (χ4n) is 3.59. The third-order valence-electron chi connectivity index (χ3n) is 4.95. The molecule has 1 aliphatic rings. The van der Waals surface area contributed by atoms with Crippen molar-refractivity contribution < 1.29 is 5.11 Å². The number of anilines is 1. The summed E-state index contributed by atoms with van der Waals surface area (Å²) >= 11 is 0. The molecule has 25 heavy (non-hydrogen) atoms. The summed E-state index contributed by atoms with van der Waals surface area (Å²) in [6.07, 6.45) is 4.34. The Morgan fingerprint density at radius 2 is 2.00 bits per heavy atom. The molecule has 0 amide bonds. The van der Waals surface area contributed by atoms with Crippen LogP contribution in [0.1, 0.15) is 31.2 Å². The molecule has 1 N–H and O–H groups in total. The zero-order valence-corrected chi connectivity index (χ0v) is 14.7. The van der Waals surface area contributed by atoms with Crippen molar-refractivity contribution in [1.82, 2.24) is 19.7 Å². The second kappa shape index (κ2) is 6.11. The van der Waals surface area contributed by atoms with Crippen LogP contribution in [-0.2, 0) is 19.1 Å². The molecule has 1 aliphatic heterocycles. The van der Waals surface area contributed by atoms with Gasteiger partial charge in [0.25, 0.3) is 0 Å². The van der Waals surface area contributed by atoms with Gasteiger partial charge in [-0.1, -0.05) is 37.3 Å². The van der Waals surface area contributed by atoms with E-state index in [2.05, 4.69) is 21.9 Å². The van der Waals surface area contributed by atoms with E-state index in [1.807, 2.05) is 43.6 Å². The SMILES string of the molecule is CCCc1nc(N2CCC(O)(c3ccccc3)C2)c2cnn(C)c2n1. The first-order chi connectivity index (χ1) is 12.1. The minimum atomic E-state index is -0.842. The third kappa shape index (κ3) is 2.76. The lowest BCUT2D eigenvalue weighted by atomic mass is 9.93. The minimum Gasteiger partial charge on any atom is -0.383 e. The highest BCUT2D eigenvalue weighted by Gasteiger charge is 2.38. The molecular weight excluding hydrogens is 314 g/mol. The fraction of sp³-hybridized carbons (Fsp3) is 0.421. The topological polar surface area (TPSA) is 67.1 Å². The minimum absolute atomic E-state index is 0.531. The molecule has 1 unspecified atom stereocenters. The molecular formula is C19H23N5O. The lowest BCUT2D eigenvalue weighted by Gasteiger charge is -2.24. The van der Waals surface area contributed by atoms with Gasteiger partial charge < -0.3 is 10.0 Å². The summed E-state index contributed by atoms with van der Waals surface area (Å²) < 4.78 is 1.79. The van der Waals surface area contributed by atoms with Crippen LogP contribution < -0.4 is 4.90 Å². The third-order valence-corrected chi connectivity index (χ3v) is 4.95. The quantitative estimate of drug-likeness (QED) is 0.792. The van der Waals surface area contributed by atoms with Gasteiger partial charge in [0.05, 0.1) is 18.1 Å². The van der Waals surface area contributed by atoms with Crippen LogP contribution in [0.25, 0.3) is 11.0 Å². The number of hydrogen-bond acceptors (Lipinski definition) is 5. The number of hydrogen-bond donors (Lipinski definition) is 1. The molecule has 1 saturated heterocycles. The molecule has 0 saturated carbocycles. The Balaban J connectivity index is 1.73. The number of aryl methyl sites for hydroxylation is 2. The van der Waals surface area contributed by atoms with Crippen LogP contribution in [0.5, 0.6) is 0 Å². The first-order valence-corrected chi connectivity index (χ1v) is 8.82. The van der Waals surface area contributed by atoms with E-state index in [9.17, 15) is 5.11 Å². The van der Waals surface area contributed by atoms with E-state index in [1.165, 1.54) is 0 Å². The number of benzene rings is 1. The molecule has 6 nitrogen and oxygen atoms in total. The number of aliphatic hydroxyl groups is 1. The normalized spacial score (nSPS) is 20.5. The van der Waals surface area contributed by atoms with E-state index in [1.54, 1.807) is 4.68 Å². The molecule has 1 atom stereocenters. The fourth-order valence-corrected chi connectivity index (χ4v) is 3.59. The largest absolute Gasteiger partial charge is 0.383 e. The predicted molar refractivity (Wildman–Crippen MR) is 97.5 cm³/mol. The molecule has 1 fully saturated rings. The van der Waals surface area contributed by atoms with Crippen LogP contribution in [0.4, 0.5) is 5.82 Å². The number of rotatable bonds is 4. The molecule has 0 radical (unpaired) electrons. The lowest BCUT2D eigenvalue weighted by molar-refractivity contribution is 0.0606. The highest BCUT2D eigenvalue weighted by atomic mass is 16.3. The van der Waals surface area contributed by atoms with Crippen molar-refractivity contribution in [2.45, 2.75) is 31.8 Å². The molecule has 3 heterocycles. The first-order valence-electron chi connectivity index (χ1n) is 8.82. The van der Waals surface area contributed by atoms with E-state index >= 15 is 0 Å². The van der Waals surface area contributed by atoms with Crippen molar-refractivity contribution in [2.24, 2.45) is 7.05 Å². The van der Waals surface area contributed by atoms with Crippen LogP contribution in [0, 0.1) is 0 Å². The summed E-state index contributed by atoms with van der Waals surface area (Å²) in [4.78, 5) is 11.6. The second-order valence-electron chi connectivity index (χ2n) is 6.79. The Morgan fingerprint density at radius 3 is 2.76 bits per heavy atom. The average molecular weight is 337 g/mol. The maximum absolute atomic E-state index is 11.1. The van der Waals surface area contributed by atoms with Crippen LogP contribution in [0.2, 0.25) is 0 Å². The van der Waals surface area contributed by atoms with E-state index in [0.29, 0.717) is 13.0 Å². The van der Waals surface area contributed by atoms with E-state index < -0.39 is 5.60 Å². The Kier molecular flexibility index (Phi) is 3.92. The Bertz CT molecular complexity index is 891. The summed E-state index contributed by atoms with van der Waals surface area (Å²) in [6.45, 7) is 3.42. The Morgan fingerprint density at radius 1 is 1.20 bits per heavy atom. The summed E-state index contributed by atoms with van der Waals surface area (Å²) in [5.74, 6) is 1.72. The van der Waals surface area contributed by atoms with Gasteiger partial charge in [0.2, 0.25) is 0 Å². The van der Waals surface area contributed by atoms with Gasteiger partial charge in [-0.25, -0.2) is 9.97 Å². The molecule has 1 aromatic carbocycles. The van der Waals surface area contributed by atoms with Gasteiger partial charge in [-0.15, -0.1) is 0 Å². The van der Waals surface area contributed by atoms with Gasteiger partial charge in [0.1, 0.15) is 17.2 Å². The summed E-state index contributed by atoms with van der Waals surface area (Å²) in [5, 5.41) is 16.4. The Hall–Kier alpha value is -2.47. The molecule has 2 aromatic heterocycles. The molecule has 0 aliphatic carbocycles. The van der Waals surface area contributed by atoms with Gasteiger partial charge in [-0.2, -0.15) is 5.10 Å². The average Bonchev–Trinajstić information content (AvgIpc) is 3.20. The van der Waals surface area contributed by atoms with Crippen LogP contribution in [0.3, 0.4) is 0 Å². The van der Waals surface area contributed by atoms with Gasteiger partial charge in [-0.3, -0.25) is 4.68 Å². The zero-order valence-electron chi connectivity index (χ0n) is 14.7. The van der Waals surface area contributed by atoms with Gasteiger partial charge in [0.15, 0.2) is 5.65 Å². The molecule has 4 rings (SSSR count). The highest BCUT2D eigenvalue weighted by molar-refractivity contribution is 5.87. The number of aromatic nitrogens is 4. The standard InChI is InChI=1S/C19H23N5O/c1-3-7-16-21-17-15(12-20-23(17)2)18(22-16)24-11-10-19(25,13-24)14-8-5-4-6-9-14/h4-6,8-9,12,25H,3,7,10-11,13H2,1-2H3. The smallest absolute Gasteiger partial charge is 0.163 e. The Labute approximate surface area is 147 Å². The lowest BCUT2D eigenvalue weighted by Crippen LogP contribution is -2.31. The van der Waals surface area contributed by atoms with Crippen molar-refractivity contribution in [3.63, 3.8) is 0 Å². The number of nitrogens with zero attached hydrogens (tertiary/aromatic N) is 5. The van der Waals surface area contributed by atoms with Crippen molar-refractivity contribution in [3.05, 3.63) is 47.9 Å². The number of β-amino-alcohol motifs (C(OH)–C–C–N with tert-alkyl or cyclic N) is 1. The highest BCUT2D eigenvalue weighted by Crippen LogP contribution is 2.36. The maximum Gasteiger partial charge on any atom is 0.163 e. The van der Waals surface area contributed by atoms with Gasteiger partial charge >= 0.3 is 0 Å². The monoisotopic (exact) mass is 337 g/mol. The molecule has 130 valence electrons. The first kappa shape index (κ1) is 16.0. The zero-order chi connectivity index (χ0) is 17.4. The van der Waals surface area contributed by atoms with Crippen LogP contribution in [0.15, 0.2) is 36.5 Å². The summed E-state index contributed by atoms with van der Waals surface area (Å²) in [5.41, 5.74) is 0.970. The van der Waals surface area contributed by atoms with Crippen molar-refractivity contribution in [2.75, 3.05) is 18.0 Å². The summed E-state index contributed by atoms with van der Waals surface area (Å²) in [6, 6.07) is 9.90. The van der Waals surface area contributed by atoms with Crippen LogP contribution >= 0.6 is 0 Å². The molecule has 0 spiro atoms.